The molecule has 168 valence electrons. The topological polar surface area (TPSA) is 159 Å². The smallest absolute Gasteiger partial charge is 0.475 e. The Balaban J connectivity index is 0.00000103. The van der Waals surface area contributed by atoms with E-state index in [1.54, 1.807) is 0 Å². The number of carbonyl (C=O) groups is 4. The molecule has 1 aliphatic rings. The maximum Gasteiger partial charge on any atom is 0.490 e. The third kappa shape index (κ3) is 8.34. The molecule has 1 heterocycles. The summed E-state index contributed by atoms with van der Waals surface area (Å²) in [4.78, 5) is 45.4. The second-order valence-corrected chi connectivity index (χ2v) is 5.80. The zero-order valence-electron chi connectivity index (χ0n) is 15.9. The largest absolute Gasteiger partial charge is 0.490 e. The Labute approximate surface area is 169 Å². The minimum absolute atomic E-state index is 0.221. The van der Waals surface area contributed by atoms with E-state index < -0.39 is 53.9 Å². The van der Waals surface area contributed by atoms with Crippen LogP contribution in [-0.4, -0.2) is 76.3 Å². The summed E-state index contributed by atoms with van der Waals surface area (Å²) in [5, 5.41) is 18.7. The molecule has 1 aliphatic heterocycles. The first-order valence-corrected chi connectivity index (χ1v) is 8.21. The zero-order chi connectivity index (χ0) is 23.6. The van der Waals surface area contributed by atoms with Crippen molar-refractivity contribution in [1.29, 1.82) is 0 Å². The molecule has 10 nitrogen and oxygen atoms in total. The van der Waals surface area contributed by atoms with Crippen molar-refractivity contribution in [3.8, 4) is 0 Å². The van der Waals surface area contributed by atoms with Crippen LogP contribution in [-0.2, 0) is 23.9 Å². The van der Waals surface area contributed by atoms with Crippen molar-refractivity contribution in [1.82, 2.24) is 10.2 Å². The number of hydrogen-bond acceptors (Lipinski definition) is 6. The highest BCUT2D eigenvalue weighted by Crippen LogP contribution is 2.20. The average Bonchev–Trinajstić information content (AvgIpc) is 2.61. The van der Waals surface area contributed by atoms with Crippen LogP contribution in [0.2, 0.25) is 0 Å². The van der Waals surface area contributed by atoms with Crippen molar-refractivity contribution in [2.45, 2.75) is 31.3 Å². The van der Waals surface area contributed by atoms with Gasteiger partial charge in [-0.15, -0.1) is 13.2 Å². The number of hydrogen-bond donors (Lipinski definition) is 4. The fourth-order valence-electron chi connectivity index (χ4n) is 2.21. The van der Waals surface area contributed by atoms with Crippen LogP contribution in [0.25, 0.3) is 0 Å². The molecule has 0 aromatic carbocycles. The van der Waals surface area contributed by atoms with Gasteiger partial charge in [0.2, 0.25) is 11.7 Å². The van der Waals surface area contributed by atoms with Gasteiger partial charge in [0.1, 0.15) is 0 Å². The predicted octanol–water partition coefficient (Wildman–Crippen LogP) is 0.0196. The Morgan fingerprint density at radius 1 is 1.23 bits per heavy atom. The summed E-state index contributed by atoms with van der Waals surface area (Å²) in [5.41, 5.74) is 5.89. The van der Waals surface area contributed by atoms with Gasteiger partial charge in [-0.25, -0.2) is 9.59 Å². The fraction of sp³-hybridized carbons (Fsp3) is 0.412. The molecule has 0 saturated carbocycles. The summed E-state index contributed by atoms with van der Waals surface area (Å²) >= 11 is 0. The van der Waals surface area contributed by atoms with Crippen LogP contribution >= 0.6 is 0 Å². The number of amides is 2. The number of alkyl halides is 3. The number of nitrogens with zero attached hydrogens (tertiary/aromatic N) is 1. The van der Waals surface area contributed by atoms with E-state index in [2.05, 4.69) is 18.5 Å². The zero-order valence-corrected chi connectivity index (χ0v) is 15.9. The van der Waals surface area contributed by atoms with Crippen molar-refractivity contribution in [2.75, 3.05) is 13.1 Å². The first kappa shape index (κ1) is 26.6. The Hall–Kier alpha value is -3.35. The van der Waals surface area contributed by atoms with Gasteiger partial charge in [-0.3, -0.25) is 9.59 Å². The minimum atomic E-state index is -5.08. The van der Waals surface area contributed by atoms with E-state index in [4.69, 9.17) is 25.5 Å². The highest BCUT2D eigenvalue weighted by Gasteiger charge is 2.41. The highest BCUT2D eigenvalue weighted by molar-refractivity contribution is 5.88. The highest BCUT2D eigenvalue weighted by atomic mass is 19.4. The van der Waals surface area contributed by atoms with E-state index in [-0.39, 0.29) is 13.1 Å². The normalized spacial score (nSPS) is 20.3. The van der Waals surface area contributed by atoms with Crippen molar-refractivity contribution >= 4 is 23.8 Å². The van der Waals surface area contributed by atoms with Crippen LogP contribution in [0, 0.1) is 0 Å². The number of ether oxygens (including phenoxy) is 1. The van der Waals surface area contributed by atoms with Crippen molar-refractivity contribution in [3.05, 3.63) is 37.1 Å². The van der Waals surface area contributed by atoms with Crippen molar-refractivity contribution in [3.63, 3.8) is 0 Å². The first-order valence-electron chi connectivity index (χ1n) is 8.21. The lowest BCUT2D eigenvalue weighted by Gasteiger charge is -2.36. The van der Waals surface area contributed by atoms with Gasteiger partial charge in [-0.1, -0.05) is 12.2 Å². The number of carboxylic acids is 2. The van der Waals surface area contributed by atoms with Gasteiger partial charge in [0.25, 0.3) is 5.91 Å². The van der Waals surface area contributed by atoms with E-state index in [0.717, 1.165) is 6.08 Å². The number of halogens is 3. The number of nitrogens with one attached hydrogen (secondary N) is 1. The molecule has 0 fully saturated rings. The third-order valence-corrected chi connectivity index (χ3v) is 3.42. The Morgan fingerprint density at radius 3 is 2.03 bits per heavy atom. The quantitative estimate of drug-likeness (QED) is 0.406. The van der Waals surface area contributed by atoms with E-state index in [1.807, 2.05) is 0 Å². The summed E-state index contributed by atoms with van der Waals surface area (Å²) in [6.45, 7) is 8.85. The molecule has 1 rings (SSSR count). The number of aliphatic carboxylic acids is 2. The molecule has 0 spiro atoms. The molecule has 0 bridgehead atoms. The third-order valence-electron chi connectivity index (χ3n) is 3.42. The van der Waals surface area contributed by atoms with Gasteiger partial charge >= 0.3 is 18.1 Å². The van der Waals surface area contributed by atoms with Crippen molar-refractivity contribution < 1.29 is 47.3 Å². The number of carboxylic acid groups (broad SMARTS) is 2. The van der Waals surface area contributed by atoms with Gasteiger partial charge in [-0.05, 0) is 6.08 Å². The predicted molar refractivity (Wildman–Crippen MR) is 96.8 cm³/mol. The summed E-state index contributed by atoms with van der Waals surface area (Å²) in [5.74, 6) is -5.43. The molecular weight excluding hydrogens is 415 g/mol. The van der Waals surface area contributed by atoms with Crippen LogP contribution in [0.15, 0.2) is 37.1 Å². The lowest BCUT2D eigenvalue weighted by atomic mass is 9.97. The first-order chi connectivity index (χ1) is 13.8. The minimum Gasteiger partial charge on any atom is -0.475 e. The molecule has 0 unspecified atom stereocenters. The molecule has 0 aromatic rings. The Kier molecular flexibility index (Phi) is 10.3. The average molecular weight is 437 g/mol. The van der Waals surface area contributed by atoms with E-state index in [1.165, 1.54) is 24.0 Å². The maximum atomic E-state index is 12.7. The molecule has 2 amide bonds. The van der Waals surface area contributed by atoms with Crippen LogP contribution in [0.5, 0.6) is 0 Å². The van der Waals surface area contributed by atoms with Crippen LogP contribution in [0.4, 0.5) is 13.2 Å². The maximum absolute atomic E-state index is 12.7. The molecule has 5 N–H and O–H groups in total. The van der Waals surface area contributed by atoms with Gasteiger partial charge < -0.3 is 30.9 Å². The van der Waals surface area contributed by atoms with Crippen LogP contribution in [0.1, 0.15) is 6.92 Å². The lowest BCUT2D eigenvalue weighted by Crippen LogP contribution is -2.61. The Bertz CT molecular complexity index is 712. The molecule has 0 aliphatic carbocycles. The standard InChI is InChI=1S/C15H21N3O5.C2HF3O2/c1-4-6-18(7-5-2)14(20)13-12(17-9(3)19)10(16)8-11(23-13)15(21)22;3-2(4,5)1(6)7/h4-5,8,10,12-13H,1-2,6-7,16H2,3H3,(H,17,19)(H,21,22);(H,6,7)/t10-,12+,13+;/m0./s1. The summed E-state index contributed by atoms with van der Waals surface area (Å²) in [6, 6.07) is -1.75. The van der Waals surface area contributed by atoms with Gasteiger partial charge in [-0.2, -0.15) is 13.2 Å². The number of rotatable bonds is 7. The lowest BCUT2D eigenvalue weighted by molar-refractivity contribution is -0.192. The molecule has 30 heavy (non-hydrogen) atoms. The van der Waals surface area contributed by atoms with Crippen LogP contribution < -0.4 is 11.1 Å². The molecule has 0 saturated heterocycles. The number of carbonyl (C=O) groups excluding carboxylic acids is 2. The molecular formula is C17H22F3N3O7. The molecule has 0 aromatic heterocycles. The Morgan fingerprint density at radius 2 is 1.70 bits per heavy atom. The van der Waals surface area contributed by atoms with Gasteiger partial charge in [0, 0.05) is 20.0 Å². The monoisotopic (exact) mass is 437 g/mol. The summed E-state index contributed by atoms with van der Waals surface area (Å²) in [7, 11) is 0. The SMILES string of the molecule is C=CCN(CC=C)C(=O)[C@@H]1OC(C(=O)O)=C[C@H](N)[C@H]1NC(C)=O.O=C(O)C(F)(F)F. The number of nitrogens with two attached hydrogens (primary N) is 1. The van der Waals surface area contributed by atoms with Crippen molar-refractivity contribution in [2.24, 2.45) is 5.73 Å². The van der Waals surface area contributed by atoms with Crippen LogP contribution in [0.3, 0.4) is 0 Å². The second kappa shape index (κ2) is 11.6. The van der Waals surface area contributed by atoms with E-state index in [9.17, 15) is 27.6 Å². The fourth-order valence-corrected chi connectivity index (χ4v) is 2.21. The van der Waals surface area contributed by atoms with Gasteiger partial charge in [0.05, 0.1) is 12.1 Å². The summed E-state index contributed by atoms with van der Waals surface area (Å²) < 4.78 is 37.0. The van der Waals surface area contributed by atoms with E-state index in [0.29, 0.717) is 0 Å². The molecule has 13 heteroatoms. The molecule has 0 radical (unpaired) electrons. The summed E-state index contributed by atoms with van der Waals surface area (Å²) in [6.07, 6.45) is -2.13. The second-order valence-electron chi connectivity index (χ2n) is 5.80. The molecule has 3 atom stereocenters. The van der Waals surface area contributed by atoms with E-state index >= 15 is 0 Å². The van der Waals surface area contributed by atoms with Gasteiger partial charge in [0.15, 0.2) is 6.10 Å².